The number of para-hydroxylation sites is 1. The minimum atomic E-state index is 0.0883. The number of benzene rings is 1. The van der Waals surface area contributed by atoms with Gasteiger partial charge >= 0.3 is 0 Å². The predicted molar refractivity (Wildman–Crippen MR) is 77.8 cm³/mol. The van der Waals surface area contributed by atoms with E-state index in [0.717, 1.165) is 24.3 Å². The maximum absolute atomic E-state index is 4.79. The summed E-state index contributed by atoms with van der Waals surface area (Å²) in [5, 5.41) is 4.66. The lowest BCUT2D eigenvalue weighted by molar-refractivity contribution is 0.569. The van der Waals surface area contributed by atoms with Crippen LogP contribution < -0.4 is 5.32 Å². The Bertz CT molecular complexity index is 538. The lowest BCUT2D eigenvalue weighted by atomic mass is 9.90. The summed E-state index contributed by atoms with van der Waals surface area (Å²) in [7, 11) is 0. The van der Waals surface area contributed by atoms with Gasteiger partial charge in [0.1, 0.15) is 0 Å². The molecule has 2 aromatic rings. The molecule has 96 valence electrons. The molecule has 18 heavy (non-hydrogen) atoms. The van der Waals surface area contributed by atoms with Crippen molar-refractivity contribution in [2.75, 3.05) is 6.54 Å². The SMILES string of the molecule is CCNCc1cc(C(C)(C)C)nc2ccccc12. The number of hydrogen-bond donors (Lipinski definition) is 1. The third-order valence-electron chi connectivity index (χ3n) is 3.14. The molecule has 0 fully saturated rings. The van der Waals surface area contributed by atoms with Crippen LogP contribution in [0.15, 0.2) is 30.3 Å². The molecule has 0 aliphatic rings. The number of aromatic nitrogens is 1. The summed E-state index contributed by atoms with van der Waals surface area (Å²) in [5.41, 5.74) is 3.68. The molecule has 0 atom stereocenters. The van der Waals surface area contributed by atoms with E-state index in [1.165, 1.54) is 10.9 Å². The fourth-order valence-electron chi connectivity index (χ4n) is 2.04. The Morgan fingerprint density at radius 1 is 1.17 bits per heavy atom. The van der Waals surface area contributed by atoms with Gasteiger partial charge < -0.3 is 5.32 Å². The minimum Gasteiger partial charge on any atom is -0.313 e. The number of nitrogens with one attached hydrogen (secondary N) is 1. The molecular formula is C16H22N2. The van der Waals surface area contributed by atoms with Gasteiger partial charge in [-0.05, 0) is 24.2 Å². The first-order chi connectivity index (χ1) is 8.52. The zero-order chi connectivity index (χ0) is 13.2. The molecule has 0 aliphatic heterocycles. The molecule has 1 heterocycles. The van der Waals surface area contributed by atoms with Gasteiger partial charge in [-0.25, -0.2) is 0 Å². The van der Waals surface area contributed by atoms with Gasteiger partial charge in [0.2, 0.25) is 0 Å². The molecule has 0 amide bonds. The van der Waals surface area contributed by atoms with E-state index in [1.54, 1.807) is 0 Å². The first-order valence-corrected chi connectivity index (χ1v) is 6.62. The fourth-order valence-corrected chi connectivity index (χ4v) is 2.04. The van der Waals surface area contributed by atoms with Crippen molar-refractivity contribution < 1.29 is 0 Å². The Hall–Kier alpha value is -1.41. The molecule has 2 rings (SSSR count). The molecule has 0 spiro atoms. The summed E-state index contributed by atoms with van der Waals surface area (Å²) in [4.78, 5) is 4.79. The highest BCUT2D eigenvalue weighted by molar-refractivity contribution is 5.82. The molecule has 2 heteroatoms. The van der Waals surface area contributed by atoms with Gasteiger partial charge in [-0.15, -0.1) is 0 Å². The van der Waals surface area contributed by atoms with Gasteiger partial charge in [-0.3, -0.25) is 4.98 Å². The fraction of sp³-hybridized carbons (Fsp3) is 0.438. The molecule has 1 aromatic heterocycles. The average molecular weight is 242 g/mol. The van der Waals surface area contributed by atoms with Crippen LogP contribution in [0.1, 0.15) is 39.0 Å². The lowest BCUT2D eigenvalue weighted by Crippen LogP contribution is -2.17. The molecule has 0 aliphatic carbocycles. The van der Waals surface area contributed by atoms with E-state index in [2.05, 4.69) is 63.3 Å². The van der Waals surface area contributed by atoms with Crippen LogP contribution in [-0.2, 0) is 12.0 Å². The average Bonchev–Trinajstić information content (AvgIpc) is 2.34. The van der Waals surface area contributed by atoms with E-state index >= 15 is 0 Å². The van der Waals surface area contributed by atoms with Crippen molar-refractivity contribution in [2.24, 2.45) is 0 Å². The summed E-state index contributed by atoms with van der Waals surface area (Å²) in [6.07, 6.45) is 0. The maximum atomic E-state index is 4.79. The van der Waals surface area contributed by atoms with E-state index in [4.69, 9.17) is 4.98 Å². The normalized spacial score (nSPS) is 12.0. The highest BCUT2D eigenvalue weighted by Gasteiger charge is 2.17. The van der Waals surface area contributed by atoms with Gasteiger partial charge in [0.05, 0.1) is 5.52 Å². The minimum absolute atomic E-state index is 0.0883. The molecule has 0 unspecified atom stereocenters. The molecule has 2 nitrogen and oxygen atoms in total. The molecule has 0 radical (unpaired) electrons. The second-order valence-electron chi connectivity index (χ2n) is 5.71. The number of hydrogen-bond acceptors (Lipinski definition) is 2. The number of fused-ring (bicyclic) bond motifs is 1. The van der Waals surface area contributed by atoms with Crippen molar-refractivity contribution in [3.8, 4) is 0 Å². The number of rotatable bonds is 3. The first kappa shape index (κ1) is 13.0. The predicted octanol–water partition coefficient (Wildman–Crippen LogP) is 3.64. The Labute approximate surface area is 109 Å². The Morgan fingerprint density at radius 3 is 2.56 bits per heavy atom. The van der Waals surface area contributed by atoms with Crippen molar-refractivity contribution in [3.05, 3.63) is 41.6 Å². The third-order valence-corrected chi connectivity index (χ3v) is 3.14. The summed E-state index contributed by atoms with van der Waals surface area (Å²) < 4.78 is 0. The molecule has 0 bridgehead atoms. The van der Waals surface area contributed by atoms with E-state index in [1.807, 2.05) is 0 Å². The van der Waals surface area contributed by atoms with Gasteiger partial charge in [-0.2, -0.15) is 0 Å². The molecule has 0 saturated heterocycles. The van der Waals surface area contributed by atoms with Crippen LogP contribution in [0.3, 0.4) is 0 Å². The summed E-state index contributed by atoms with van der Waals surface area (Å²) >= 11 is 0. The van der Waals surface area contributed by atoms with Gasteiger partial charge in [0.15, 0.2) is 0 Å². The summed E-state index contributed by atoms with van der Waals surface area (Å²) in [6.45, 7) is 10.7. The molecule has 0 saturated carbocycles. The highest BCUT2D eigenvalue weighted by atomic mass is 14.8. The van der Waals surface area contributed by atoms with Crippen molar-refractivity contribution >= 4 is 10.9 Å². The first-order valence-electron chi connectivity index (χ1n) is 6.62. The zero-order valence-corrected chi connectivity index (χ0v) is 11.7. The van der Waals surface area contributed by atoms with Crippen LogP contribution in [0.25, 0.3) is 10.9 Å². The maximum Gasteiger partial charge on any atom is 0.0708 e. The van der Waals surface area contributed by atoms with Crippen LogP contribution in [0.2, 0.25) is 0 Å². The van der Waals surface area contributed by atoms with E-state index in [9.17, 15) is 0 Å². The Morgan fingerprint density at radius 2 is 1.89 bits per heavy atom. The van der Waals surface area contributed by atoms with Gasteiger partial charge in [-0.1, -0.05) is 45.9 Å². The summed E-state index contributed by atoms with van der Waals surface area (Å²) in [5.74, 6) is 0. The summed E-state index contributed by atoms with van der Waals surface area (Å²) in [6, 6.07) is 10.6. The Kier molecular flexibility index (Phi) is 3.67. The molecular weight excluding hydrogens is 220 g/mol. The second-order valence-corrected chi connectivity index (χ2v) is 5.71. The number of nitrogens with zero attached hydrogens (tertiary/aromatic N) is 1. The van der Waals surface area contributed by atoms with E-state index in [-0.39, 0.29) is 5.41 Å². The molecule has 1 N–H and O–H groups in total. The van der Waals surface area contributed by atoms with E-state index in [0.29, 0.717) is 0 Å². The largest absolute Gasteiger partial charge is 0.313 e. The number of pyridine rings is 1. The third kappa shape index (κ3) is 2.70. The second kappa shape index (κ2) is 5.07. The van der Waals surface area contributed by atoms with Crippen LogP contribution in [0, 0.1) is 0 Å². The Balaban J connectivity index is 2.57. The van der Waals surface area contributed by atoms with Crippen molar-refractivity contribution in [1.82, 2.24) is 10.3 Å². The van der Waals surface area contributed by atoms with Crippen molar-refractivity contribution in [2.45, 2.75) is 39.7 Å². The quantitative estimate of drug-likeness (QED) is 0.888. The van der Waals surface area contributed by atoms with Crippen LogP contribution in [-0.4, -0.2) is 11.5 Å². The molecule has 1 aromatic carbocycles. The van der Waals surface area contributed by atoms with Crippen molar-refractivity contribution in [1.29, 1.82) is 0 Å². The zero-order valence-electron chi connectivity index (χ0n) is 11.7. The van der Waals surface area contributed by atoms with E-state index < -0.39 is 0 Å². The topological polar surface area (TPSA) is 24.9 Å². The van der Waals surface area contributed by atoms with Crippen molar-refractivity contribution in [3.63, 3.8) is 0 Å². The van der Waals surface area contributed by atoms with Crippen LogP contribution in [0.5, 0.6) is 0 Å². The van der Waals surface area contributed by atoms with Crippen LogP contribution >= 0.6 is 0 Å². The lowest BCUT2D eigenvalue weighted by Gasteiger charge is -2.20. The standard InChI is InChI=1S/C16H22N2/c1-5-17-11-12-10-15(16(2,3)4)18-14-9-7-6-8-13(12)14/h6-10,17H,5,11H2,1-4H3. The smallest absolute Gasteiger partial charge is 0.0708 e. The monoisotopic (exact) mass is 242 g/mol. The highest BCUT2D eigenvalue weighted by Crippen LogP contribution is 2.26. The van der Waals surface area contributed by atoms with Gasteiger partial charge in [0, 0.05) is 23.0 Å². The van der Waals surface area contributed by atoms with Crippen LogP contribution in [0.4, 0.5) is 0 Å². The van der Waals surface area contributed by atoms with Gasteiger partial charge in [0.25, 0.3) is 0 Å².